The van der Waals surface area contributed by atoms with Crippen molar-refractivity contribution in [2.75, 3.05) is 0 Å². The van der Waals surface area contributed by atoms with Gasteiger partial charge in [0.1, 0.15) is 0 Å². The molecule has 0 bridgehead atoms. The Morgan fingerprint density at radius 3 is 1.77 bits per heavy atom. The van der Waals surface area contributed by atoms with E-state index in [9.17, 15) is 30.7 Å². The lowest BCUT2D eigenvalue weighted by molar-refractivity contribution is -0.375. The fourth-order valence-electron chi connectivity index (χ4n) is 0.396. The van der Waals surface area contributed by atoms with Crippen molar-refractivity contribution >= 4 is 0 Å². The van der Waals surface area contributed by atoms with Crippen molar-refractivity contribution in [2.24, 2.45) is 0 Å². The molecule has 0 N–H and O–H groups in total. The second kappa shape index (κ2) is 3.69. The molecule has 13 heavy (non-hydrogen) atoms. The molecule has 0 heterocycles. The van der Waals surface area contributed by atoms with Crippen molar-refractivity contribution in [2.45, 2.75) is 25.1 Å². The van der Waals surface area contributed by atoms with Crippen LogP contribution in [-0.4, -0.2) is 18.2 Å². The van der Waals surface area contributed by atoms with E-state index in [0.29, 0.717) is 0 Å². The van der Waals surface area contributed by atoms with E-state index in [2.05, 4.69) is 4.74 Å². The lowest BCUT2D eigenvalue weighted by atomic mass is 10.2. The predicted molar refractivity (Wildman–Crippen MR) is 27.0 cm³/mol. The Bertz CT molecular complexity index is 166. The van der Waals surface area contributed by atoms with Gasteiger partial charge in [-0.1, -0.05) is 0 Å². The van der Waals surface area contributed by atoms with Crippen LogP contribution >= 0.6 is 0 Å². The fraction of sp³-hybridized carbons (Fsp3) is 0.800. The summed E-state index contributed by atoms with van der Waals surface area (Å²) in [6.07, 6.45) is -8.86. The van der Waals surface area contributed by atoms with Crippen molar-refractivity contribution in [1.29, 1.82) is 0 Å². The van der Waals surface area contributed by atoms with Crippen LogP contribution in [0.25, 0.3) is 0 Å². The molecule has 0 spiro atoms. The standard InChI is InChI=1S/C5H4F7O/c1-2(6)4(9,10)5(11,12)13-3(7)8/h2H,1H3. The van der Waals surface area contributed by atoms with Gasteiger partial charge in [-0.2, -0.15) is 26.3 Å². The summed E-state index contributed by atoms with van der Waals surface area (Å²) in [5, 5.41) is 0. The first-order chi connectivity index (χ1) is 5.61. The Kier molecular flexibility index (Phi) is 3.54. The van der Waals surface area contributed by atoms with Crippen molar-refractivity contribution < 1.29 is 35.5 Å². The Labute approximate surface area is 68.5 Å². The molecule has 0 saturated heterocycles. The van der Waals surface area contributed by atoms with Gasteiger partial charge in [-0.05, 0) is 6.92 Å². The highest BCUT2D eigenvalue weighted by Crippen LogP contribution is 2.41. The van der Waals surface area contributed by atoms with Gasteiger partial charge < -0.3 is 0 Å². The Hall–Kier alpha value is -0.530. The molecule has 79 valence electrons. The normalized spacial score (nSPS) is 16.4. The van der Waals surface area contributed by atoms with Gasteiger partial charge in [-0.25, -0.2) is 9.13 Å². The predicted octanol–water partition coefficient (Wildman–Crippen LogP) is 2.98. The van der Waals surface area contributed by atoms with Gasteiger partial charge in [-0.3, -0.25) is 0 Å². The minimum absolute atomic E-state index is 0.105. The lowest BCUT2D eigenvalue weighted by Gasteiger charge is -2.25. The first-order valence-electron chi connectivity index (χ1n) is 2.88. The van der Waals surface area contributed by atoms with Crippen molar-refractivity contribution in [3.8, 4) is 0 Å². The van der Waals surface area contributed by atoms with Crippen molar-refractivity contribution in [1.82, 2.24) is 0 Å². The molecule has 0 aromatic heterocycles. The third kappa shape index (κ3) is 2.71. The molecule has 0 saturated carbocycles. The summed E-state index contributed by atoms with van der Waals surface area (Å²) in [4.78, 5) is 0. The second-order valence-corrected chi connectivity index (χ2v) is 2.08. The number of ether oxygens (including phenoxy) is 1. The molecule has 0 fully saturated rings. The van der Waals surface area contributed by atoms with Crippen LogP contribution in [0.4, 0.5) is 30.7 Å². The largest absolute Gasteiger partial charge is 0.453 e. The topological polar surface area (TPSA) is 9.23 Å². The van der Waals surface area contributed by atoms with Crippen LogP contribution in [0.1, 0.15) is 6.92 Å². The van der Waals surface area contributed by atoms with Gasteiger partial charge in [0.25, 0.3) is 0 Å². The molecule has 1 nitrogen and oxygen atoms in total. The van der Waals surface area contributed by atoms with Crippen LogP contribution in [0, 0.1) is 6.61 Å². The molecule has 0 aromatic carbocycles. The first-order valence-corrected chi connectivity index (χ1v) is 2.88. The summed E-state index contributed by atoms with van der Waals surface area (Å²) in [6, 6.07) is 0. The van der Waals surface area contributed by atoms with Gasteiger partial charge in [-0.15, -0.1) is 0 Å². The van der Waals surface area contributed by atoms with E-state index in [4.69, 9.17) is 0 Å². The highest BCUT2D eigenvalue weighted by molar-refractivity contribution is 4.83. The van der Waals surface area contributed by atoms with Gasteiger partial charge in [0.15, 0.2) is 6.17 Å². The average molecular weight is 213 g/mol. The Morgan fingerprint density at radius 2 is 1.54 bits per heavy atom. The quantitative estimate of drug-likeness (QED) is 0.652. The first kappa shape index (κ1) is 12.5. The van der Waals surface area contributed by atoms with Crippen LogP contribution in [-0.2, 0) is 4.74 Å². The molecule has 1 atom stereocenters. The minimum Gasteiger partial charge on any atom is -0.243 e. The zero-order chi connectivity index (χ0) is 10.9. The summed E-state index contributed by atoms with van der Waals surface area (Å²) in [7, 11) is 0. The van der Waals surface area contributed by atoms with Crippen LogP contribution in [0.2, 0.25) is 0 Å². The molecular formula is C5H4F7O. The number of hydrogen-bond acceptors (Lipinski definition) is 1. The SMILES string of the molecule is CC(F)C(F)(F)C(F)(F)O[C](F)F. The van der Waals surface area contributed by atoms with Crippen LogP contribution in [0.3, 0.4) is 0 Å². The van der Waals surface area contributed by atoms with Crippen molar-refractivity contribution in [3.05, 3.63) is 6.61 Å². The molecule has 0 aromatic rings. The van der Waals surface area contributed by atoms with Gasteiger partial charge >= 0.3 is 18.6 Å². The van der Waals surface area contributed by atoms with E-state index in [0.717, 1.165) is 0 Å². The fourth-order valence-corrected chi connectivity index (χ4v) is 0.396. The maximum absolute atomic E-state index is 12.1. The van der Waals surface area contributed by atoms with Crippen molar-refractivity contribution in [3.63, 3.8) is 0 Å². The van der Waals surface area contributed by atoms with E-state index >= 15 is 0 Å². The molecule has 0 rings (SSSR count). The number of hydrogen-bond donors (Lipinski definition) is 0. The Morgan fingerprint density at radius 1 is 1.15 bits per heavy atom. The smallest absolute Gasteiger partial charge is 0.243 e. The minimum atomic E-state index is -5.56. The zero-order valence-corrected chi connectivity index (χ0v) is 6.13. The number of rotatable bonds is 4. The average Bonchev–Trinajstić information content (AvgIpc) is 1.83. The molecule has 0 aliphatic rings. The lowest BCUT2D eigenvalue weighted by Crippen LogP contribution is -2.48. The highest BCUT2D eigenvalue weighted by Gasteiger charge is 2.63. The monoisotopic (exact) mass is 213 g/mol. The van der Waals surface area contributed by atoms with Gasteiger partial charge in [0.05, 0.1) is 0 Å². The highest BCUT2D eigenvalue weighted by atomic mass is 19.3. The van der Waals surface area contributed by atoms with Crippen LogP contribution < -0.4 is 0 Å². The van der Waals surface area contributed by atoms with Gasteiger partial charge in [0.2, 0.25) is 0 Å². The number of halogens is 7. The third-order valence-electron chi connectivity index (χ3n) is 1.09. The summed E-state index contributed by atoms with van der Waals surface area (Å²) >= 11 is 0. The van der Waals surface area contributed by atoms with Crippen LogP contribution in [0.5, 0.6) is 0 Å². The Balaban J connectivity index is 4.60. The van der Waals surface area contributed by atoms with Crippen LogP contribution in [0.15, 0.2) is 0 Å². The summed E-state index contributed by atoms with van der Waals surface area (Å²) in [6.45, 7) is -3.25. The summed E-state index contributed by atoms with van der Waals surface area (Å²) in [5.41, 5.74) is 0. The van der Waals surface area contributed by atoms with E-state index in [1.54, 1.807) is 0 Å². The molecular weight excluding hydrogens is 209 g/mol. The maximum atomic E-state index is 12.1. The van der Waals surface area contributed by atoms with E-state index in [1.807, 2.05) is 0 Å². The molecule has 0 aliphatic heterocycles. The zero-order valence-electron chi connectivity index (χ0n) is 6.13. The molecule has 0 aliphatic carbocycles. The second-order valence-electron chi connectivity index (χ2n) is 2.08. The van der Waals surface area contributed by atoms with E-state index in [-0.39, 0.29) is 6.92 Å². The molecule has 8 heteroatoms. The number of alkyl halides is 5. The van der Waals surface area contributed by atoms with E-state index in [1.165, 1.54) is 0 Å². The third-order valence-corrected chi connectivity index (χ3v) is 1.09. The van der Waals surface area contributed by atoms with Gasteiger partial charge in [0, 0.05) is 0 Å². The summed E-state index contributed by atoms with van der Waals surface area (Å²) in [5.74, 6) is -5.30. The molecule has 0 amide bonds. The van der Waals surface area contributed by atoms with E-state index < -0.39 is 24.8 Å². The molecule has 1 unspecified atom stereocenters. The molecule has 1 radical (unpaired) electrons. The summed E-state index contributed by atoms with van der Waals surface area (Å²) < 4.78 is 84.4. The maximum Gasteiger partial charge on any atom is 0.453 e.